The molecule has 3 amide bonds. The van der Waals surface area contributed by atoms with E-state index in [1.165, 1.54) is 4.90 Å². The van der Waals surface area contributed by atoms with E-state index in [2.05, 4.69) is 10.6 Å². The summed E-state index contributed by atoms with van der Waals surface area (Å²) < 4.78 is 5.77. The highest BCUT2D eigenvalue weighted by atomic mass is 35.5. The molecule has 0 radical (unpaired) electrons. The van der Waals surface area contributed by atoms with Gasteiger partial charge in [-0.2, -0.15) is 0 Å². The molecule has 3 aromatic carbocycles. The van der Waals surface area contributed by atoms with E-state index in [0.29, 0.717) is 51.4 Å². The van der Waals surface area contributed by atoms with Crippen LogP contribution in [-0.4, -0.2) is 55.4 Å². The molecule has 2 N–H and O–H groups in total. The van der Waals surface area contributed by atoms with Gasteiger partial charge in [0.25, 0.3) is 11.8 Å². The van der Waals surface area contributed by atoms with Crippen LogP contribution in [0.25, 0.3) is 0 Å². The van der Waals surface area contributed by atoms with Crippen molar-refractivity contribution < 1.29 is 19.1 Å². The molecule has 2 aliphatic heterocycles. The molecule has 0 aromatic heterocycles. The average molecular weight is 567 g/mol. The lowest BCUT2D eigenvalue weighted by atomic mass is 10.0. The van der Waals surface area contributed by atoms with Crippen molar-refractivity contribution in [3.8, 4) is 5.75 Å². The van der Waals surface area contributed by atoms with E-state index in [4.69, 9.17) is 27.9 Å². The highest BCUT2D eigenvalue weighted by Crippen LogP contribution is 2.41. The largest absolute Gasteiger partial charge is 0.484 e. The fraction of sp³-hybridized carbons (Fsp3) is 0.276. The molecule has 3 aromatic rings. The highest BCUT2D eigenvalue weighted by Gasteiger charge is 2.35. The van der Waals surface area contributed by atoms with Crippen molar-refractivity contribution in [1.82, 2.24) is 10.2 Å². The lowest BCUT2D eigenvalue weighted by Crippen LogP contribution is -2.38. The van der Waals surface area contributed by atoms with Crippen LogP contribution < -0.4 is 20.3 Å². The number of rotatable bonds is 5. The Balaban J connectivity index is 1.52. The van der Waals surface area contributed by atoms with E-state index in [-0.39, 0.29) is 30.7 Å². The van der Waals surface area contributed by atoms with Crippen LogP contribution in [0.5, 0.6) is 5.75 Å². The van der Waals surface area contributed by atoms with Crippen molar-refractivity contribution in [2.45, 2.75) is 18.9 Å². The van der Waals surface area contributed by atoms with Crippen molar-refractivity contribution in [3.05, 3.63) is 87.9 Å². The summed E-state index contributed by atoms with van der Waals surface area (Å²) in [5, 5.41) is 6.97. The number of nitrogens with one attached hydrogen (secondary N) is 2. The monoisotopic (exact) mass is 566 g/mol. The summed E-state index contributed by atoms with van der Waals surface area (Å²) in [4.78, 5) is 43.5. The summed E-state index contributed by atoms with van der Waals surface area (Å²) >= 11 is 12.7. The molecule has 1 saturated heterocycles. The Morgan fingerprint density at radius 3 is 2.59 bits per heavy atom. The molecule has 1 fully saturated rings. The first-order chi connectivity index (χ1) is 18.9. The predicted molar refractivity (Wildman–Crippen MR) is 152 cm³/mol. The van der Waals surface area contributed by atoms with Gasteiger partial charge >= 0.3 is 0 Å². The van der Waals surface area contributed by atoms with Crippen molar-refractivity contribution in [2.75, 3.05) is 43.0 Å². The SMILES string of the molecule is O=C1CC(c2ccc(Cl)cc2Cl)N(C(=O)COc2ccccc2)c2ccc(C(=O)N3CCCNCC3)cc2N1. The Morgan fingerprint density at radius 1 is 0.974 bits per heavy atom. The highest BCUT2D eigenvalue weighted by molar-refractivity contribution is 6.35. The van der Waals surface area contributed by atoms with Gasteiger partial charge < -0.3 is 20.3 Å². The van der Waals surface area contributed by atoms with Gasteiger partial charge in [-0.05, 0) is 61.0 Å². The van der Waals surface area contributed by atoms with E-state index in [9.17, 15) is 14.4 Å². The molecule has 0 saturated carbocycles. The Morgan fingerprint density at radius 2 is 1.79 bits per heavy atom. The predicted octanol–water partition coefficient (Wildman–Crippen LogP) is 4.92. The van der Waals surface area contributed by atoms with Crippen LogP contribution in [0.4, 0.5) is 11.4 Å². The maximum atomic E-state index is 13.8. The topological polar surface area (TPSA) is 91.0 Å². The maximum absolute atomic E-state index is 13.8. The number of halogens is 2. The number of ether oxygens (including phenoxy) is 1. The number of carbonyl (C=O) groups is 3. The number of carbonyl (C=O) groups excluding carboxylic acids is 3. The fourth-order valence-electron chi connectivity index (χ4n) is 4.91. The summed E-state index contributed by atoms with van der Waals surface area (Å²) in [6.45, 7) is 2.57. The molecule has 10 heteroatoms. The molecule has 1 unspecified atom stereocenters. The number of para-hydroxylation sites is 1. The lowest BCUT2D eigenvalue weighted by molar-refractivity contribution is -0.121. The second-order valence-corrected chi connectivity index (χ2v) is 10.3. The van der Waals surface area contributed by atoms with E-state index < -0.39 is 6.04 Å². The minimum absolute atomic E-state index is 0.0474. The van der Waals surface area contributed by atoms with Crippen LogP contribution in [0.1, 0.15) is 34.8 Å². The summed E-state index contributed by atoms with van der Waals surface area (Å²) in [5.41, 5.74) is 1.84. The number of hydrogen-bond acceptors (Lipinski definition) is 5. The molecule has 0 bridgehead atoms. The number of anilines is 2. The van der Waals surface area contributed by atoms with Gasteiger partial charge in [-0.1, -0.05) is 47.5 Å². The molecule has 0 aliphatic carbocycles. The quantitative estimate of drug-likeness (QED) is 0.457. The second kappa shape index (κ2) is 12.1. The number of nitrogens with zero attached hydrogens (tertiary/aromatic N) is 2. The van der Waals surface area contributed by atoms with E-state index in [0.717, 1.165) is 19.5 Å². The fourth-order valence-corrected chi connectivity index (χ4v) is 5.44. The summed E-state index contributed by atoms with van der Waals surface area (Å²) in [5.74, 6) is -0.257. The van der Waals surface area contributed by atoms with Gasteiger partial charge in [0.15, 0.2) is 6.61 Å². The smallest absolute Gasteiger partial charge is 0.265 e. The molecule has 2 aliphatic rings. The maximum Gasteiger partial charge on any atom is 0.265 e. The van der Waals surface area contributed by atoms with Gasteiger partial charge in [0.2, 0.25) is 5.91 Å². The average Bonchev–Trinajstić information content (AvgIpc) is 3.29. The third-order valence-corrected chi connectivity index (χ3v) is 7.35. The van der Waals surface area contributed by atoms with Crippen molar-refractivity contribution in [2.24, 2.45) is 0 Å². The van der Waals surface area contributed by atoms with Gasteiger partial charge in [0.1, 0.15) is 5.75 Å². The Hall–Kier alpha value is -3.59. The number of fused-ring (bicyclic) bond motifs is 1. The molecule has 2 heterocycles. The Bertz CT molecular complexity index is 1380. The zero-order valence-corrected chi connectivity index (χ0v) is 22.7. The molecule has 1 atom stereocenters. The van der Waals surface area contributed by atoms with Gasteiger partial charge in [-0.15, -0.1) is 0 Å². The number of amides is 3. The van der Waals surface area contributed by atoms with Crippen LogP contribution in [0, 0.1) is 0 Å². The van der Waals surface area contributed by atoms with Gasteiger partial charge in [-0.25, -0.2) is 0 Å². The molecular formula is C29H28Cl2N4O4. The molecule has 202 valence electrons. The number of benzene rings is 3. The van der Waals surface area contributed by atoms with Gasteiger partial charge in [0.05, 0.1) is 23.8 Å². The van der Waals surface area contributed by atoms with Crippen LogP contribution in [0.15, 0.2) is 66.7 Å². The van der Waals surface area contributed by atoms with Gasteiger partial charge in [0, 0.05) is 35.2 Å². The van der Waals surface area contributed by atoms with E-state index in [1.807, 2.05) is 18.2 Å². The molecule has 0 spiro atoms. The lowest BCUT2D eigenvalue weighted by Gasteiger charge is -2.31. The molecular weight excluding hydrogens is 539 g/mol. The standard InChI is InChI=1S/C29H28Cl2N4O4/c30-20-8-9-22(23(31)16-20)26-17-27(36)33-24-15-19(29(38)34-13-4-11-32-12-14-34)7-10-25(24)35(26)28(37)18-39-21-5-2-1-3-6-21/h1-3,5-10,15-16,26,32H,4,11-14,17-18H2,(H,33,36). The first-order valence-electron chi connectivity index (χ1n) is 12.8. The summed E-state index contributed by atoms with van der Waals surface area (Å²) in [6, 6.07) is 18.3. The first-order valence-corrected chi connectivity index (χ1v) is 13.5. The third-order valence-electron chi connectivity index (χ3n) is 6.79. The van der Waals surface area contributed by atoms with Gasteiger partial charge in [-0.3, -0.25) is 19.3 Å². The first kappa shape index (κ1) is 27.0. The third kappa shape index (κ3) is 6.19. The summed E-state index contributed by atoms with van der Waals surface area (Å²) in [7, 11) is 0. The zero-order chi connectivity index (χ0) is 27.4. The zero-order valence-electron chi connectivity index (χ0n) is 21.2. The second-order valence-electron chi connectivity index (χ2n) is 9.43. The molecule has 39 heavy (non-hydrogen) atoms. The minimum atomic E-state index is -0.721. The van der Waals surface area contributed by atoms with Crippen molar-refractivity contribution >= 4 is 52.3 Å². The van der Waals surface area contributed by atoms with E-state index in [1.54, 1.807) is 53.4 Å². The van der Waals surface area contributed by atoms with Crippen LogP contribution in [0.2, 0.25) is 10.0 Å². The van der Waals surface area contributed by atoms with E-state index >= 15 is 0 Å². The van der Waals surface area contributed by atoms with Crippen molar-refractivity contribution in [1.29, 1.82) is 0 Å². The summed E-state index contributed by atoms with van der Waals surface area (Å²) in [6.07, 6.45) is 0.814. The Kier molecular flexibility index (Phi) is 8.35. The van der Waals surface area contributed by atoms with Crippen molar-refractivity contribution in [3.63, 3.8) is 0 Å². The molecule has 5 rings (SSSR count). The van der Waals surface area contributed by atoms with Crippen LogP contribution >= 0.6 is 23.2 Å². The van der Waals surface area contributed by atoms with Crippen LogP contribution in [-0.2, 0) is 9.59 Å². The minimum Gasteiger partial charge on any atom is -0.484 e. The Labute approximate surface area is 236 Å². The normalized spacial score (nSPS) is 17.5. The number of hydrogen-bond donors (Lipinski definition) is 2. The molecule has 8 nitrogen and oxygen atoms in total. The van der Waals surface area contributed by atoms with Crippen LogP contribution in [0.3, 0.4) is 0 Å².